The average molecular weight is 445 g/mol. The van der Waals surface area contributed by atoms with Gasteiger partial charge in [-0.25, -0.2) is 0 Å². The highest BCUT2D eigenvalue weighted by atomic mass is 127. The molecule has 134 valence electrons. The number of guanidine groups is 1. The number of halogens is 1. The van der Waals surface area contributed by atoms with Gasteiger partial charge in [-0.15, -0.1) is 24.0 Å². The average Bonchev–Trinajstić information content (AvgIpc) is 3.36. The van der Waals surface area contributed by atoms with E-state index in [1.54, 1.807) is 6.20 Å². The number of nitrogens with one attached hydrogen (secondary N) is 3. The monoisotopic (exact) mass is 445 g/mol. The summed E-state index contributed by atoms with van der Waals surface area (Å²) in [5.41, 5.74) is 1.06. The zero-order valence-electron chi connectivity index (χ0n) is 14.3. The van der Waals surface area contributed by atoms with Gasteiger partial charge >= 0.3 is 0 Å². The lowest BCUT2D eigenvalue weighted by Gasteiger charge is -2.11. The van der Waals surface area contributed by atoms with Crippen molar-refractivity contribution in [1.29, 1.82) is 0 Å². The van der Waals surface area contributed by atoms with Crippen molar-refractivity contribution in [3.63, 3.8) is 0 Å². The fourth-order valence-electron chi connectivity index (χ4n) is 2.15. The van der Waals surface area contributed by atoms with E-state index in [2.05, 4.69) is 25.9 Å². The third-order valence-corrected chi connectivity index (χ3v) is 3.52. The molecule has 0 unspecified atom stereocenters. The van der Waals surface area contributed by atoms with Crippen molar-refractivity contribution < 1.29 is 4.79 Å². The van der Waals surface area contributed by atoms with Crippen molar-refractivity contribution in [2.45, 2.75) is 45.1 Å². The minimum atomic E-state index is 0. The molecule has 0 spiro atoms. The van der Waals surface area contributed by atoms with E-state index in [1.807, 2.05) is 25.1 Å². The van der Waals surface area contributed by atoms with Gasteiger partial charge < -0.3 is 16.0 Å². The SMILES string of the molecule is CCNC(=NCCCC(=O)NC1CC1)NCCc1ccccn1.I. The van der Waals surface area contributed by atoms with Crippen molar-refractivity contribution in [1.82, 2.24) is 20.9 Å². The Bertz CT molecular complexity index is 505. The van der Waals surface area contributed by atoms with Crippen LogP contribution in [-0.4, -0.2) is 42.5 Å². The quantitative estimate of drug-likeness (QED) is 0.235. The van der Waals surface area contributed by atoms with Gasteiger partial charge in [-0.1, -0.05) is 6.07 Å². The first kappa shape index (κ1) is 20.7. The van der Waals surface area contributed by atoms with Gasteiger partial charge in [-0.3, -0.25) is 14.8 Å². The first-order chi connectivity index (χ1) is 11.3. The molecule has 1 heterocycles. The summed E-state index contributed by atoms with van der Waals surface area (Å²) in [7, 11) is 0. The third kappa shape index (κ3) is 9.05. The van der Waals surface area contributed by atoms with Crippen LogP contribution >= 0.6 is 24.0 Å². The maximum atomic E-state index is 11.6. The van der Waals surface area contributed by atoms with Crippen LogP contribution in [-0.2, 0) is 11.2 Å². The van der Waals surface area contributed by atoms with Crippen LogP contribution in [0, 0.1) is 0 Å². The second-order valence-electron chi connectivity index (χ2n) is 5.70. The predicted octanol–water partition coefficient (Wildman–Crippen LogP) is 1.86. The van der Waals surface area contributed by atoms with Crippen LogP contribution in [0.2, 0.25) is 0 Å². The Balaban J connectivity index is 0.00000288. The van der Waals surface area contributed by atoms with E-state index in [-0.39, 0.29) is 29.9 Å². The van der Waals surface area contributed by atoms with Gasteiger partial charge in [0.25, 0.3) is 0 Å². The van der Waals surface area contributed by atoms with E-state index in [9.17, 15) is 4.79 Å². The fraction of sp³-hybridized carbons (Fsp3) is 0.588. The van der Waals surface area contributed by atoms with Crippen molar-refractivity contribution in [2.24, 2.45) is 4.99 Å². The smallest absolute Gasteiger partial charge is 0.220 e. The van der Waals surface area contributed by atoms with Crippen LogP contribution in [0.15, 0.2) is 29.4 Å². The molecule has 1 aromatic heterocycles. The molecule has 6 nitrogen and oxygen atoms in total. The number of pyridine rings is 1. The second kappa shape index (κ2) is 12.0. The second-order valence-corrected chi connectivity index (χ2v) is 5.70. The molecular formula is C17H28IN5O. The predicted molar refractivity (Wildman–Crippen MR) is 108 cm³/mol. The standard InChI is InChI=1S/C17H27N5O.HI/c1-2-18-17(21-13-10-14-6-3-4-11-19-14)20-12-5-7-16(23)22-15-8-9-15;/h3-4,6,11,15H,2,5,7-10,12-13H2,1H3,(H,22,23)(H2,18,20,21);1H. The Morgan fingerprint density at radius 1 is 1.33 bits per heavy atom. The highest BCUT2D eigenvalue weighted by Gasteiger charge is 2.22. The lowest BCUT2D eigenvalue weighted by atomic mass is 10.3. The molecular weight excluding hydrogens is 417 g/mol. The summed E-state index contributed by atoms with van der Waals surface area (Å²) in [6.07, 6.45) is 6.25. The number of aliphatic imine (C=N–C) groups is 1. The van der Waals surface area contributed by atoms with Crippen LogP contribution in [0.1, 0.15) is 38.3 Å². The number of carbonyl (C=O) groups is 1. The normalized spacial score (nSPS) is 13.8. The number of amides is 1. The summed E-state index contributed by atoms with van der Waals surface area (Å²) in [6.45, 7) is 4.29. The number of carbonyl (C=O) groups excluding carboxylic acids is 1. The molecule has 0 aromatic carbocycles. The van der Waals surface area contributed by atoms with Gasteiger partial charge in [0.1, 0.15) is 0 Å². The lowest BCUT2D eigenvalue weighted by molar-refractivity contribution is -0.121. The number of aromatic nitrogens is 1. The molecule has 1 aliphatic rings. The summed E-state index contributed by atoms with van der Waals surface area (Å²) in [5, 5.41) is 9.51. The summed E-state index contributed by atoms with van der Waals surface area (Å²) in [4.78, 5) is 20.4. The Morgan fingerprint density at radius 2 is 2.17 bits per heavy atom. The minimum Gasteiger partial charge on any atom is -0.357 e. The van der Waals surface area contributed by atoms with E-state index in [0.29, 0.717) is 19.0 Å². The van der Waals surface area contributed by atoms with Gasteiger partial charge in [0, 0.05) is 50.4 Å². The molecule has 24 heavy (non-hydrogen) atoms. The molecule has 0 atom stereocenters. The van der Waals surface area contributed by atoms with E-state index in [0.717, 1.165) is 50.4 Å². The van der Waals surface area contributed by atoms with Crippen molar-refractivity contribution >= 4 is 35.8 Å². The third-order valence-electron chi connectivity index (χ3n) is 3.52. The van der Waals surface area contributed by atoms with E-state index in [4.69, 9.17) is 0 Å². The molecule has 7 heteroatoms. The number of nitrogens with zero attached hydrogens (tertiary/aromatic N) is 2. The molecule has 1 fully saturated rings. The zero-order chi connectivity index (χ0) is 16.3. The van der Waals surface area contributed by atoms with Crippen LogP contribution in [0.25, 0.3) is 0 Å². The van der Waals surface area contributed by atoms with Crippen LogP contribution in [0.3, 0.4) is 0 Å². The van der Waals surface area contributed by atoms with Crippen molar-refractivity contribution in [3.05, 3.63) is 30.1 Å². The number of hydrogen-bond acceptors (Lipinski definition) is 3. The molecule has 3 N–H and O–H groups in total. The first-order valence-electron chi connectivity index (χ1n) is 8.49. The fourth-order valence-corrected chi connectivity index (χ4v) is 2.15. The van der Waals surface area contributed by atoms with Gasteiger partial charge in [0.15, 0.2) is 5.96 Å². The highest BCUT2D eigenvalue weighted by Crippen LogP contribution is 2.18. The molecule has 0 bridgehead atoms. The van der Waals surface area contributed by atoms with Gasteiger partial charge in [0.2, 0.25) is 5.91 Å². The van der Waals surface area contributed by atoms with E-state index in [1.165, 1.54) is 0 Å². The van der Waals surface area contributed by atoms with Crippen molar-refractivity contribution in [2.75, 3.05) is 19.6 Å². The molecule has 0 radical (unpaired) electrons. The molecule has 1 aliphatic carbocycles. The molecule has 1 amide bonds. The molecule has 0 aliphatic heterocycles. The summed E-state index contributed by atoms with van der Waals surface area (Å²) < 4.78 is 0. The van der Waals surface area contributed by atoms with Gasteiger partial charge in [0.05, 0.1) is 0 Å². The zero-order valence-corrected chi connectivity index (χ0v) is 16.6. The van der Waals surface area contributed by atoms with Crippen LogP contribution < -0.4 is 16.0 Å². The Labute approximate surface area is 161 Å². The first-order valence-corrected chi connectivity index (χ1v) is 8.49. The maximum Gasteiger partial charge on any atom is 0.220 e. The molecule has 0 saturated heterocycles. The van der Waals surface area contributed by atoms with E-state index < -0.39 is 0 Å². The minimum absolute atomic E-state index is 0. The lowest BCUT2D eigenvalue weighted by Crippen LogP contribution is -2.38. The molecule has 1 aromatic rings. The van der Waals surface area contributed by atoms with Crippen molar-refractivity contribution in [3.8, 4) is 0 Å². The Hall–Kier alpha value is -1.38. The molecule has 1 saturated carbocycles. The number of rotatable bonds is 9. The number of hydrogen-bond donors (Lipinski definition) is 3. The Kier molecular flexibility index (Phi) is 10.4. The molecule has 2 rings (SSSR count). The summed E-state index contributed by atoms with van der Waals surface area (Å²) >= 11 is 0. The maximum absolute atomic E-state index is 11.6. The van der Waals surface area contributed by atoms with Crippen LogP contribution in [0.5, 0.6) is 0 Å². The largest absolute Gasteiger partial charge is 0.357 e. The van der Waals surface area contributed by atoms with E-state index >= 15 is 0 Å². The highest BCUT2D eigenvalue weighted by molar-refractivity contribution is 14.0. The van der Waals surface area contributed by atoms with Gasteiger partial charge in [-0.2, -0.15) is 0 Å². The van der Waals surface area contributed by atoms with Gasteiger partial charge in [-0.05, 0) is 38.3 Å². The summed E-state index contributed by atoms with van der Waals surface area (Å²) in [6, 6.07) is 6.37. The Morgan fingerprint density at radius 3 is 2.83 bits per heavy atom. The topological polar surface area (TPSA) is 78.4 Å². The van der Waals surface area contributed by atoms with Crippen LogP contribution in [0.4, 0.5) is 0 Å². The summed E-state index contributed by atoms with van der Waals surface area (Å²) in [5.74, 6) is 0.946.